The van der Waals surface area contributed by atoms with Gasteiger partial charge in [0.2, 0.25) is 0 Å². The number of morpholine rings is 1. The van der Waals surface area contributed by atoms with Crippen molar-refractivity contribution in [3.63, 3.8) is 0 Å². The topological polar surface area (TPSA) is 33.7 Å². The molecule has 1 N–H and O–H groups in total. The van der Waals surface area contributed by atoms with E-state index in [0.717, 1.165) is 45.0 Å². The predicted octanol–water partition coefficient (Wildman–Crippen LogP) is 1.65. The first kappa shape index (κ1) is 12.8. The lowest BCUT2D eigenvalue weighted by Gasteiger charge is -2.45. The van der Waals surface area contributed by atoms with E-state index < -0.39 is 0 Å². The molecule has 2 fully saturated rings. The van der Waals surface area contributed by atoms with Crippen molar-refractivity contribution in [3.05, 3.63) is 24.3 Å². The van der Waals surface area contributed by atoms with Gasteiger partial charge in [-0.15, -0.1) is 0 Å². The Labute approximate surface area is 114 Å². The van der Waals surface area contributed by atoms with Gasteiger partial charge in [-0.05, 0) is 37.1 Å². The molecule has 3 rings (SSSR count). The van der Waals surface area contributed by atoms with Crippen LogP contribution in [0.15, 0.2) is 24.3 Å². The number of hydrogen-bond acceptors (Lipinski definition) is 4. The SMILES string of the molecule is COc1ccc(N2CCCC3(CNCCO3)C2)cc1. The van der Waals surface area contributed by atoms with Crippen molar-refractivity contribution in [2.45, 2.75) is 18.4 Å². The van der Waals surface area contributed by atoms with Gasteiger partial charge >= 0.3 is 0 Å². The summed E-state index contributed by atoms with van der Waals surface area (Å²) in [4.78, 5) is 2.43. The van der Waals surface area contributed by atoms with Gasteiger partial charge in [0.15, 0.2) is 0 Å². The Morgan fingerprint density at radius 1 is 1.32 bits per heavy atom. The van der Waals surface area contributed by atoms with Gasteiger partial charge in [0.1, 0.15) is 5.75 Å². The molecular formula is C15H22N2O2. The van der Waals surface area contributed by atoms with Crippen LogP contribution in [0.4, 0.5) is 5.69 Å². The second-order valence-electron chi connectivity index (χ2n) is 5.43. The highest BCUT2D eigenvalue weighted by Gasteiger charge is 2.37. The van der Waals surface area contributed by atoms with E-state index in [4.69, 9.17) is 9.47 Å². The number of benzene rings is 1. The van der Waals surface area contributed by atoms with Crippen LogP contribution in [0.25, 0.3) is 0 Å². The van der Waals surface area contributed by atoms with Crippen LogP contribution in [0.2, 0.25) is 0 Å². The van der Waals surface area contributed by atoms with Gasteiger partial charge in [-0.1, -0.05) is 0 Å². The third-order valence-corrected chi connectivity index (χ3v) is 4.11. The van der Waals surface area contributed by atoms with Crippen molar-refractivity contribution in [2.75, 3.05) is 44.8 Å². The zero-order valence-corrected chi connectivity index (χ0v) is 11.5. The molecule has 0 amide bonds. The minimum atomic E-state index is 0.0103. The highest BCUT2D eigenvalue weighted by molar-refractivity contribution is 5.50. The van der Waals surface area contributed by atoms with E-state index in [2.05, 4.69) is 22.3 Å². The molecule has 2 heterocycles. The molecule has 0 aromatic heterocycles. The molecule has 1 unspecified atom stereocenters. The molecule has 1 spiro atoms. The fourth-order valence-corrected chi connectivity index (χ4v) is 3.08. The molecule has 0 saturated carbocycles. The van der Waals surface area contributed by atoms with Crippen molar-refractivity contribution >= 4 is 5.69 Å². The Bertz CT molecular complexity index is 407. The zero-order valence-electron chi connectivity index (χ0n) is 11.5. The smallest absolute Gasteiger partial charge is 0.119 e. The molecule has 0 radical (unpaired) electrons. The third-order valence-electron chi connectivity index (χ3n) is 4.11. The molecule has 0 aliphatic carbocycles. The molecule has 0 bridgehead atoms. The lowest BCUT2D eigenvalue weighted by molar-refractivity contribution is -0.0725. The molecule has 2 aliphatic heterocycles. The van der Waals surface area contributed by atoms with E-state index >= 15 is 0 Å². The Hall–Kier alpha value is -1.26. The highest BCUT2D eigenvalue weighted by Crippen LogP contribution is 2.30. The lowest BCUT2D eigenvalue weighted by atomic mass is 9.91. The van der Waals surface area contributed by atoms with Crippen LogP contribution >= 0.6 is 0 Å². The summed E-state index contributed by atoms with van der Waals surface area (Å²) < 4.78 is 11.3. The predicted molar refractivity (Wildman–Crippen MR) is 76.0 cm³/mol. The van der Waals surface area contributed by atoms with E-state index in [9.17, 15) is 0 Å². The standard InChI is InChI=1S/C15H22N2O2/c1-18-14-5-3-13(4-6-14)17-9-2-7-15(12-17)11-16-8-10-19-15/h3-6,16H,2,7-12H2,1H3. The van der Waals surface area contributed by atoms with Crippen molar-refractivity contribution in [1.82, 2.24) is 5.32 Å². The Morgan fingerprint density at radius 2 is 2.16 bits per heavy atom. The number of methoxy groups -OCH3 is 1. The second kappa shape index (κ2) is 5.39. The zero-order chi connectivity index (χ0) is 13.1. The maximum absolute atomic E-state index is 6.07. The minimum Gasteiger partial charge on any atom is -0.497 e. The van der Waals surface area contributed by atoms with E-state index in [1.807, 2.05) is 12.1 Å². The molecule has 1 atom stereocenters. The number of nitrogens with zero attached hydrogens (tertiary/aromatic N) is 1. The lowest BCUT2D eigenvalue weighted by Crippen LogP contribution is -2.58. The third kappa shape index (κ3) is 2.69. The highest BCUT2D eigenvalue weighted by atomic mass is 16.5. The summed E-state index contributed by atoms with van der Waals surface area (Å²) in [5, 5.41) is 3.46. The van der Waals surface area contributed by atoms with Gasteiger partial charge in [0.05, 0.1) is 19.3 Å². The molecule has 4 nitrogen and oxygen atoms in total. The van der Waals surface area contributed by atoms with Gasteiger partial charge in [0.25, 0.3) is 0 Å². The van der Waals surface area contributed by atoms with Crippen molar-refractivity contribution in [2.24, 2.45) is 0 Å². The van der Waals surface area contributed by atoms with Crippen LogP contribution in [-0.2, 0) is 4.74 Å². The van der Waals surface area contributed by atoms with Crippen LogP contribution in [0, 0.1) is 0 Å². The summed E-state index contributed by atoms with van der Waals surface area (Å²) in [6.07, 6.45) is 2.35. The average Bonchev–Trinajstić information content (AvgIpc) is 2.48. The van der Waals surface area contributed by atoms with Crippen LogP contribution < -0.4 is 15.0 Å². The fraction of sp³-hybridized carbons (Fsp3) is 0.600. The molecule has 19 heavy (non-hydrogen) atoms. The number of ether oxygens (including phenoxy) is 2. The maximum Gasteiger partial charge on any atom is 0.119 e. The first-order valence-corrected chi connectivity index (χ1v) is 7.05. The number of rotatable bonds is 2. The van der Waals surface area contributed by atoms with Crippen molar-refractivity contribution in [3.8, 4) is 5.75 Å². The molecule has 2 aliphatic rings. The second-order valence-corrected chi connectivity index (χ2v) is 5.43. The summed E-state index contributed by atoms with van der Waals surface area (Å²) in [7, 11) is 1.70. The van der Waals surface area contributed by atoms with Gasteiger partial charge in [-0.2, -0.15) is 0 Å². The van der Waals surface area contributed by atoms with Crippen LogP contribution in [0.5, 0.6) is 5.75 Å². The van der Waals surface area contributed by atoms with Crippen LogP contribution in [-0.4, -0.2) is 45.5 Å². The Morgan fingerprint density at radius 3 is 2.84 bits per heavy atom. The normalized spacial score (nSPS) is 27.5. The number of hydrogen-bond donors (Lipinski definition) is 1. The van der Waals surface area contributed by atoms with E-state index in [0.29, 0.717) is 0 Å². The van der Waals surface area contributed by atoms with E-state index in [1.165, 1.54) is 12.1 Å². The molecule has 2 saturated heterocycles. The number of piperidine rings is 1. The molecule has 1 aromatic rings. The van der Waals surface area contributed by atoms with E-state index in [1.54, 1.807) is 7.11 Å². The first-order chi connectivity index (χ1) is 9.31. The summed E-state index contributed by atoms with van der Waals surface area (Å²) in [6, 6.07) is 8.31. The monoisotopic (exact) mass is 262 g/mol. The quantitative estimate of drug-likeness (QED) is 0.879. The number of nitrogens with one attached hydrogen (secondary N) is 1. The number of anilines is 1. The summed E-state index contributed by atoms with van der Waals surface area (Å²) >= 11 is 0. The van der Waals surface area contributed by atoms with Gasteiger partial charge in [-0.3, -0.25) is 0 Å². The molecule has 4 heteroatoms. The maximum atomic E-state index is 6.07. The van der Waals surface area contributed by atoms with E-state index in [-0.39, 0.29) is 5.60 Å². The van der Waals surface area contributed by atoms with Crippen molar-refractivity contribution < 1.29 is 9.47 Å². The Balaban J connectivity index is 1.73. The van der Waals surface area contributed by atoms with Crippen molar-refractivity contribution in [1.29, 1.82) is 0 Å². The van der Waals surface area contributed by atoms with Crippen LogP contribution in [0.3, 0.4) is 0 Å². The largest absolute Gasteiger partial charge is 0.497 e. The van der Waals surface area contributed by atoms with Crippen LogP contribution in [0.1, 0.15) is 12.8 Å². The summed E-state index contributed by atoms with van der Waals surface area (Å²) in [6.45, 7) is 4.87. The van der Waals surface area contributed by atoms with Gasteiger partial charge in [-0.25, -0.2) is 0 Å². The van der Waals surface area contributed by atoms with Gasteiger partial charge in [0, 0.05) is 31.9 Å². The minimum absolute atomic E-state index is 0.0103. The summed E-state index contributed by atoms with van der Waals surface area (Å²) in [5.41, 5.74) is 1.27. The fourth-order valence-electron chi connectivity index (χ4n) is 3.08. The molecular weight excluding hydrogens is 240 g/mol. The Kier molecular flexibility index (Phi) is 3.62. The summed E-state index contributed by atoms with van der Waals surface area (Å²) in [5.74, 6) is 0.908. The molecule has 1 aromatic carbocycles. The molecule has 104 valence electrons. The van der Waals surface area contributed by atoms with Gasteiger partial charge < -0.3 is 19.7 Å². The average molecular weight is 262 g/mol. The first-order valence-electron chi connectivity index (χ1n) is 7.05.